The average Bonchev–Trinajstić information content (AvgIpc) is 2.84. The van der Waals surface area contributed by atoms with Crippen LogP contribution in [0.1, 0.15) is 27.0 Å². The fraction of sp³-hybridized carbons (Fsp3) is 0.231. The summed E-state index contributed by atoms with van der Waals surface area (Å²) in [6.07, 6.45) is -1.12. The molecule has 1 heterocycles. The van der Waals surface area contributed by atoms with Crippen molar-refractivity contribution in [3.05, 3.63) is 82.9 Å². The van der Waals surface area contributed by atoms with Crippen LogP contribution in [0.3, 0.4) is 0 Å². The first-order chi connectivity index (χ1) is 16.6. The molecule has 1 atom stereocenters. The van der Waals surface area contributed by atoms with Crippen LogP contribution >= 0.6 is 0 Å². The SMILES string of the molecule is COC(=O)c1ccc(C)c(NC(=O)[C@@H]2CN(S(=O)(=O)c3ccc(C)cc3)c3ccc(C)cc3O2)c1. The van der Waals surface area contributed by atoms with Gasteiger partial charge in [-0.2, -0.15) is 0 Å². The quantitative estimate of drug-likeness (QED) is 0.538. The minimum Gasteiger partial charge on any atom is -0.476 e. The number of esters is 1. The van der Waals surface area contributed by atoms with E-state index in [1.165, 1.54) is 17.5 Å². The lowest BCUT2D eigenvalue weighted by molar-refractivity contribution is -0.122. The van der Waals surface area contributed by atoms with Gasteiger partial charge in [-0.15, -0.1) is 0 Å². The number of hydrogen-bond acceptors (Lipinski definition) is 6. The van der Waals surface area contributed by atoms with Gasteiger partial charge in [0.2, 0.25) is 0 Å². The smallest absolute Gasteiger partial charge is 0.337 e. The first-order valence-corrected chi connectivity index (χ1v) is 12.4. The summed E-state index contributed by atoms with van der Waals surface area (Å²) in [7, 11) is -2.69. The van der Waals surface area contributed by atoms with E-state index < -0.39 is 28.0 Å². The van der Waals surface area contributed by atoms with E-state index in [1.807, 2.05) is 13.8 Å². The predicted octanol–water partition coefficient (Wildman–Crippen LogP) is 3.99. The van der Waals surface area contributed by atoms with Crippen molar-refractivity contribution in [3.8, 4) is 5.75 Å². The van der Waals surface area contributed by atoms with Gasteiger partial charge in [0.15, 0.2) is 6.10 Å². The lowest BCUT2D eigenvalue weighted by atomic mass is 10.1. The molecule has 4 rings (SSSR count). The Morgan fingerprint density at radius 2 is 1.66 bits per heavy atom. The summed E-state index contributed by atoms with van der Waals surface area (Å²) in [5.41, 5.74) is 3.57. The Morgan fingerprint density at radius 1 is 0.971 bits per heavy atom. The van der Waals surface area contributed by atoms with E-state index in [9.17, 15) is 18.0 Å². The highest BCUT2D eigenvalue weighted by Gasteiger charge is 2.37. The van der Waals surface area contributed by atoms with Crippen LogP contribution in [0.2, 0.25) is 0 Å². The minimum absolute atomic E-state index is 0.123. The molecule has 0 unspecified atom stereocenters. The Labute approximate surface area is 204 Å². The number of methoxy groups -OCH3 is 1. The molecule has 35 heavy (non-hydrogen) atoms. The lowest BCUT2D eigenvalue weighted by Crippen LogP contribution is -2.48. The predicted molar refractivity (Wildman–Crippen MR) is 132 cm³/mol. The maximum absolute atomic E-state index is 13.6. The first kappa shape index (κ1) is 24.3. The molecule has 1 amide bonds. The van der Waals surface area contributed by atoms with Crippen molar-refractivity contribution in [2.45, 2.75) is 31.8 Å². The first-order valence-electron chi connectivity index (χ1n) is 11.0. The van der Waals surface area contributed by atoms with Crippen molar-refractivity contribution in [3.63, 3.8) is 0 Å². The fourth-order valence-electron chi connectivity index (χ4n) is 3.78. The second kappa shape index (κ2) is 9.42. The number of nitrogens with one attached hydrogen (secondary N) is 1. The van der Waals surface area contributed by atoms with Gasteiger partial charge in [-0.25, -0.2) is 13.2 Å². The molecule has 0 radical (unpaired) electrons. The third-order valence-electron chi connectivity index (χ3n) is 5.80. The van der Waals surface area contributed by atoms with Gasteiger partial charge in [-0.05, 0) is 68.3 Å². The second-order valence-electron chi connectivity index (χ2n) is 8.44. The zero-order chi connectivity index (χ0) is 25.3. The topological polar surface area (TPSA) is 102 Å². The summed E-state index contributed by atoms with van der Waals surface area (Å²) in [6, 6.07) is 16.5. The van der Waals surface area contributed by atoms with Crippen LogP contribution in [0.5, 0.6) is 5.75 Å². The Kier molecular flexibility index (Phi) is 6.53. The molecule has 0 bridgehead atoms. The molecular formula is C26H26N2O6S. The third-order valence-corrected chi connectivity index (χ3v) is 7.60. The number of benzene rings is 3. The number of carbonyl (C=O) groups excluding carboxylic acids is 2. The number of amides is 1. The van der Waals surface area contributed by atoms with Crippen LogP contribution in [0.15, 0.2) is 65.6 Å². The summed E-state index contributed by atoms with van der Waals surface area (Å²) in [6.45, 7) is 5.30. The van der Waals surface area contributed by atoms with Crippen LogP contribution < -0.4 is 14.4 Å². The highest BCUT2D eigenvalue weighted by atomic mass is 32.2. The van der Waals surface area contributed by atoms with Gasteiger partial charge in [0, 0.05) is 5.69 Å². The molecule has 3 aromatic carbocycles. The molecule has 8 nitrogen and oxygen atoms in total. The number of carbonyl (C=O) groups is 2. The van der Waals surface area contributed by atoms with Crippen molar-refractivity contribution in [1.29, 1.82) is 0 Å². The number of aryl methyl sites for hydroxylation is 3. The molecule has 3 aromatic rings. The number of sulfonamides is 1. The van der Waals surface area contributed by atoms with E-state index in [0.29, 0.717) is 17.1 Å². The summed E-state index contributed by atoms with van der Waals surface area (Å²) >= 11 is 0. The van der Waals surface area contributed by atoms with Gasteiger partial charge in [0.05, 0.1) is 29.8 Å². The third kappa shape index (κ3) is 4.85. The molecule has 1 N–H and O–H groups in total. The van der Waals surface area contributed by atoms with Gasteiger partial charge in [-0.3, -0.25) is 9.10 Å². The van der Waals surface area contributed by atoms with Crippen LogP contribution in [-0.2, 0) is 19.6 Å². The highest BCUT2D eigenvalue weighted by molar-refractivity contribution is 7.92. The number of ether oxygens (including phenoxy) is 2. The summed E-state index contributed by atoms with van der Waals surface area (Å²) in [4.78, 5) is 25.3. The van der Waals surface area contributed by atoms with E-state index >= 15 is 0 Å². The summed E-state index contributed by atoms with van der Waals surface area (Å²) in [5, 5.41) is 2.77. The minimum atomic E-state index is -3.96. The van der Waals surface area contributed by atoms with Crippen LogP contribution in [0.4, 0.5) is 11.4 Å². The lowest BCUT2D eigenvalue weighted by Gasteiger charge is -2.35. The summed E-state index contributed by atoms with van der Waals surface area (Å²) in [5.74, 6) is -0.771. The maximum atomic E-state index is 13.6. The van der Waals surface area contributed by atoms with E-state index in [2.05, 4.69) is 5.32 Å². The van der Waals surface area contributed by atoms with Crippen molar-refractivity contribution in [2.75, 3.05) is 23.3 Å². The van der Waals surface area contributed by atoms with E-state index in [4.69, 9.17) is 9.47 Å². The Balaban J connectivity index is 1.68. The molecule has 182 valence electrons. The van der Waals surface area contributed by atoms with Gasteiger partial charge in [-0.1, -0.05) is 29.8 Å². The Morgan fingerprint density at radius 3 is 2.34 bits per heavy atom. The van der Waals surface area contributed by atoms with E-state index in [0.717, 1.165) is 16.7 Å². The molecule has 0 saturated heterocycles. The number of rotatable bonds is 5. The largest absolute Gasteiger partial charge is 0.476 e. The highest BCUT2D eigenvalue weighted by Crippen LogP contribution is 2.38. The van der Waals surface area contributed by atoms with Crippen LogP contribution in [-0.4, -0.2) is 40.1 Å². The Hall–Kier alpha value is -3.85. The summed E-state index contributed by atoms with van der Waals surface area (Å²) < 4.78 is 39.0. The second-order valence-corrected chi connectivity index (χ2v) is 10.3. The number of fused-ring (bicyclic) bond motifs is 1. The zero-order valence-corrected chi connectivity index (χ0v) is 20.7. The van der Waals surface area contributed by atoms with Crippen molar-refractivity contribution in [1.82, 2.24) is 0 Å². The molecule has 0 fully saturated rings. The molecular weight excluding hydrogens is 468 g/mol. The number of hydrogen-bond donors (Lipinski definition) is 1. The molecule has 0 aromatic heterocycles. The fourth-order valence-corrected chi connectivity index (χ4v) is 5.25. The molecule has 0 spiro atoms. The number of nitrogens with zero attached hydrogens (tertiary/aromatic N) is 1. The molecule has 0 saturated carbocycles. The van der Waals surface area contributed by atoms with Crippen LogP contribution in [0, 0.1) is 20.8 Å². The van der Waals surface area contributed by atoms with Gasteiger partial charge in [0.1, 0.15) is 5.75 Å². The van der Waals surface area contributed by atoms with E-state index in [1.54, 1.807) is 61.5 Å². The van der Waals surface area contributed by atoms with Crippen molar-refractivity contribution < 1.29 is 27.5 Å². The monoisotopic (exact) mass is 494 g/mol. The van der Waals surface area contributed by atoms with Crippen molar-refractivity contribution >= 4 is 33.3 Å². The normalized spacial score (nSPS) is 15.1. The molecule has 9 heteroatoms. The standard InChI is InChI=1S/C26H26N2O6S/c1-16-5-10-20(11-6-16)35(31,32)28-15-24(34-23-13-17(2)7-12-22(23)28)25(29)27-21-14-19(26(30)33-4)9-8-18(21)3/h5-14,24H,15H2,1-4H3,(H,27,29)/t24-/m0/s1. The van der Waals surface area contributed by atoms with Crippen LogP contribution in [0.25, 0.3) is 0 Å². The van der Waals surface area contributed by atoms with Gasteiger partial charge in [0.25, 0.3) is 15.9 Å². The van der Waals surface area contributed by atoms with Gasteiger partial charge < -0.3 is 14.8 Å². The zero-order valence-electron chi connectivity index (χ0n) is 19.9. The Bertz CT molecular complexity index is 1400. The average molecular weight is 495 g/mol. The van der Waals surface area contributed by atoms with E-state index in [-0.39, 0.29) is 17.0 Å². The van der Waals surface area contributed by atoms with Crippen molar-refractivity contribution in [2.24, 2.45) is 0 Å². The maximum Gasteiger partial charge on any atom is 0.337 e. The molecule has 0 aliphatic carbocycles. The molecule has 1 aliphatic rings. The number of anilines is 2. The molecule has 1 aliphatic heterocycles. The van der Waals surface area contributed by atoms with Gasteiger partial charge >= 0.3 is 5.97 Å².